The SMILES string of the molecule is O=C1CNc2ncnc(N3CCC(c4nc(-c5ccc(F)c(F)c5)cn4CCN4CCCC4)CC3)c2N1. The molecule has 2 saturated heterocycles. The fourth-order valence-corrected chi connectivity index (χ4v) is 5.55. The van der Waals surface area contributed by atoms with Crippen LogP contribution < -0.4 is 15.5 Å². The Hall–Kier alpha value is -3.60. The van der Waals surface area contributed by atoms with Crippen molar-refractivity contribution < 1.29 is 13.6 Å². The Balaban J connectivity index is 1.23. The molecule has 6 rings (SSSR count). The Morgan fingerprint density at radius 2 is 1.81 bits per heavy atom. The van der Waals surface area contributed by atoms with E-state index in [0.29, 0.717) is 22.8 Å². The van der Waals surface area contributed by atoms with Gasteiger partial charge in [0.25, 0.3) is 0 Å². The summed E-state index contributed by atoms with van der Waals surface area (Å²) in [4.78, 5) is 30.2. The molecule has 2 aromatic heterocycles. The molecule has 2 N–H and O–H groups in total. The molecule has 5 heterocycles. The predicted octanol–water partition coefficient (Wildman–Crippen LogP) is 3.46. The number of hydrogen-bond donors (Lipinski definition) is 2. The van der Waals surface area contributed by atoms with Crippen molar-refractivity contribution in [2.24, 2.45) is 0 Å². The summed E-state index contributed by atoms with van der Waals surface area (Å²) in [6, 6.07) is 3.95. The lowest BCUT2D eigenvalue weighted by Gasteiger charge is -2.34. The van der Waals surface area contributed by atoms with Crippen molar-refractivity contribution in [1.29, 1.82) is 0 Å². The van der Waals surface area contributed by atoms with Crippen molar-refractivity contribution in [1.82, 2.24) is 24.4 Å². The molecule has 194 valence electrons. The fraction of sp³-hybridized carbons (Fsp3) is 0.462. The van der Waals surface area contributed by atoms with Crippen molar-refractivity contribution >= 4 is 23.2 Å². The zero-order valence-electron chi connectivity index (χ0n) is 20.6. The summed E-state index contributed by atoms with van der Waals surface area (Å²) in [6.45, 7) is 5.70. The van der Waals surface area contributed by atoms with Gasteiger partial charge in [-0.2, -0.15) is 0 Å². The second kappa shape index (κ2) is 10.0. The number of hydrogen-bond acceptors (Lipinski definition) is 7. The third-order valence-corrected chi connectivity index (χ3v) is 7.55. The lowest BCUT2D eigenvalue weighted by atomic mass is 9.95. The first kappa shape index (κ1) is 23.8. The van der Waals surface area contributed by atoms with Crippen LogP contribution in [0.15, 0.2) is 30.7 Å². The van der Waals surface area contributed by atoms with E-state index in [1.807, 2.05) is 6.20 Å². The number of anilines is 3. The van der Waals surface area contributed by atoms with Gasteiger partial charge < -0.3 is 25.0 Å². The van der Waals surface area contributed by atoms with Crippen LogP contribution in [0.25, 0.3) is 11.3 Å². The van der Waals surface area contributed by atoms with Gasteiger partial charge in [0.15, 0.2) is 23.3 Å². The maximum absolute atomic E-state index is 14.0. The third-order valence-electron chi connectivity index (χ3n) is 7.55. The van der Waals surface area contributed by atoms with Gasteiger partial charge in [-0.15, -0.1) is 0 Å². The first-order valence-corrected chi connectivity index (χ1v) is 12.9. The maximum Gasteiger partial charge on any atom is 0.243 e. The second-order valence-corrected chi connectivity index (χ2v) is 9.94. The van der Waals surface area contributed by atoms with E-state index in [1.54, 1.807) is 6.07 Å². The van der Waals surface area contributed by atoms with Gasteiger partial charge >= 0.3 is 0 Å². The molecular weight excluding hydrogens is 478 g/mol. The van der Waals surface area contributed by atoms with Crippen molar-refractivity contribution in [3.05, 3.63) is 48.2 Å². The van der Waals surface area contributed by atoms with Gasteiger partial charge in [-0.05, 0) is 57.0 Å². The molecule has 0 radical (unpaired) electrons. The average Bonchev–Trinajstić information content (AvgIpc) is 3.59. The summed E-state index contributed by atoms with van der Waals surface area (Å²) in [5, 5.41) is 5.94. The van der Waals surface area contributed by atoms with E-state index in [0.717, 1.165) is 69.8 Å². The van der Waals surface area contributed by atoms with Crippen LogP contribution in [0.3, 0.4) is 0 Å². The monoisotopic (exact) mass is 508 g/mol. The highest BCUT2D eigenvalue weighted by molar-refractivity contribution is 6.02. The summed E-state index contributed by atoms with van der Waals surface area (Å²) >= 11 is 0. The number of rotatable bonds is 6. The van der Waals surface area contributed by atoms with Crippen molar-refractivity contribution in [2.75, 3.05) is 54.8 Å². The molecule has 11 heteroatoms. The molecule has 2 fully saturated rings. The van der Waals surface area contributed by atoms with Gasteiger partial charge in [-0.1, -0.05) is 0 Å². The van der Waals surface area contributed by atoms with E-state index >= 15 is 0 Å². The van der Waals surface area contributed by atoms with Gasteiger partial charge in [0.1, 0.15) is 17.8 Å². The summed E-state index contributed by atoms with van der Waals surface area (Å²) in [5.41, 5.74) is 1.87. The first-order valence-electron chi connectivity index (χ1n) is 12.9. The number of carbonyl (C=O) groups is 1. The summed E-state index contributed by atoms with van der Waals surface area (Å²) < 4.78 is 29.7. The number of carbonyl (C=O) groups excluding carboxylic acids is 1. The average molecular weight is 509 g/mol. The molecule has 37 heavy (non-hydrogen) atoms. The minimum Gasteiger partial charge on any atom is -0.359 e. The maximum atomic E-state index is 14.0. The van der Waals surface area contributed by atoms with Crippen LogP contribution in [0.5, 0.6) is 0 Å². The van der Waals surface area contributed by atoms with E-state index in [1.165, 1.54) is 25.2 Å². The number of benzene rings is 1. The second-order valence-electron chi connectivity index (χ2n) is 9.94. The summed E-state index contributed by atoms with van der Waals surface area (Å²) in [6.07, 6.45) is 7.68. The Morgan fingerprint density at radius 3 is 2.59 bits per heavy atom. The first-order chi connectivity index (χ1) is 18.0. The Morgan fingerprint density at radius 1 is 1.00 bits per heavy atom. The largest absolute Gasteiger partial charge is 0.359 e. The number of piperidine rings is 1. The highest BCUT2D eigenvalue weighted by atomic mass is 19.2. The van der Waals surface area contributed by atoms with Crippen molar-refractivity contribution in [3.63, 3.8) is 0 Å². The van der Waals surface area contributed by atoms with E-state index < -0.39 is 11.6 Å². The van der Waals surface area contributed by atoms with Crippen LogP contribution in [-0.4, -0.2) is 69.6 Å². The van der Waals surface area contributed by atoms with Gasteiger partial charge in [0.2, 0.25) is 5.91 Å². The molecule has 0 spiro atoms. The van der Waals surface area contributed by atoms with Crippen LogP contribution in [0.2, 0.25) is 0 Å². The van der Waals surface area contributed by atoms with E-state index in [9.17, 15) is 13.6 Å². The highest BCUT2D eigenvalue weighted by Crippen LogP contribution is 2.36. The molecule has 0 atom stereocenters. The zero-order chi connectivity index (χ0) is 25.4. The van der Waals surface area contributed by atoms with Gasteiger partial charge in [0.05, 0.1) is 12.2 Å². The van der Waals surface area contributed by atoms with Crippen LogP contribution in [0.1, 0.15) is 37.4 Å². The number of amides is 1. The van der Waals surface area contributed by atoms with Gasteiger partial charge in [0, 0.05) is 43.9 Å². The Bertz CT molecular complexity index is 1300. The molecule has 3 aromatic rings. The normalized spacial score (nSPS) is 18.5. The number of aromatic nitrogens is 4. The van der Waals surface area contributed by atoms with E-state index in [-0.39, 0.29) is 18.4 Å². The van der Waals surface area contributed by atoms with E-state index in [4.69, 9.17) is 4.98 Å². The number of nitrogens with zero attached hydrogens (tertiary/aromatic N) is 6. The molecule has 9 nitrogen and oxygen atoms in total. The van der Waals surface area contributed by atoms with Crippen molar-refractivity contribution in [2.45, 2.75) is 38.1 Å². The van der Waals surface area contributed by atoms with Gasteiger partial charge in [-0.25, -0.2) is 23.7 Å². The van der Waals surface area contributed by atoms with Crippen LogP contribution in [0.4, 0.5) is 26.1 Å². The molecule has 0 unspecified atom stereocenters. The minimum absolute atomic E-state index is 0.108. The number of imidazole rings is 1. The lowest BCUT2D eigenvalue weighted by molar-refractivity contribution is -0.114. The zero-order valence-corrected chi connectivity index (χ0v) is 20.6. The third kappa shape index (κ3) is 4.87. The number of nitrogens with one attached hydrogen (secondary N) is 2. The standard InChI is InChI=1S/C26H30F2N8O/c27-19-4-3-18(13-20(19)28)21-15-36(12-11-34-7-1-2-8-34)25(32-21)17-5-9-35(10-6-17)26-23-24(30-16-31-26)29-14-22(37)33-23/h3-4,13,15-17H,1-2,5-12,14H2,(H,33,37)(H,29,30,31). The molecule has 1 amide bonds. The molecular formula is C26H30F2N8O. The van der Waals surface area contributed by atoms with Crippen LogP contribution in [0, 0.1) is 11.6 Å². The summed E-state index contributed by atoms with van der Waals surface area (Å²) in [7, 11) is 0. The molecule has 0 aliphatic carbocycles. The van der Waals surface area contributed by atoms with Crippen LogP contribution >= 0.6 is 0 Å². The van der Waals surface area contributed by atoms with Crippen molar-refractivity contribution in [3.8, 4) is 11.3 Å². The number of fused-ring (bicyclic) bond motifs is 1. The quantitative estimate of drug-likeness (QED) is 0.527. The smallest absolute Gasteiger partial charge is 0.243 e. The van der Waals surface area contributed by atoms with Gasteiger partial charge in [-0.3, -0.25) is 4.79 Å². The topological polar surface area (TPSA) is 91.2 Å². The lowest BCUT2D eigenvalue weighted by Crippen LogP contribution is -2.37. The predicted molar refractivity (Wildman–Crippen MR) is 137 cm³/mol. The minimum atomic E-state index is -0.867. The van der Waals surface area contributed by atoms with Crippen LogP contribution in [-0.2, 0) is 11.3 Å². The highest BCUT2D eigenvalue weighted by Gasteiger charge is 2.29. The molecule has 0 bridgehead atoms. The fourth-order valence-electron chi connectivity index (χ4n) is 5.55. The molecule has 0 saturated carbocycles. The Labute approximate surface area is 213 Å². The molecule has 3 aliphatic rings. The summed E-state index contributed by atoms with van der Waals surface area (Å²) in [5.74, 6) is 0.738. The number of halogens is 2. The van der Waals surface area contributed by atoms with E-state index in [2.05, 4.69) is 35.0 Å². The molecule has 1 aromatic carbocycles. The Kier molecular flexibility index (Phi) is 6.45. The number of likely N-dealkylation sites (tertiary alicyclic amines) is 1. The molecule has 3 aliphatic heterocycles.